The van der Waals surface area contributed by atoms with Crippen LogP contribution in [-0.2, 0) is 0 Å². The second kappa shape index (κ2) is 10.8. The smallest absolute Gasteiger partial charge is 0.103 e. The van der Waals surface area contributed by atoms with E-state index in [1.54, 1.807) is 23.5 Å². The molecule has 0 spiro atoms. The van der Waals surface area contributed by atoms with Crippen LogP contribution in [0.25, 0.3) is 0 Å². The highest BCUT2D eigenvalue weighted by atomic mass is 32.2. The number of hydrogen-bond acceptors (Lipinski definition) is 3. The number of rotatable bonds is 0. The molecule has 0 aliphatic carbocycles. The van der Waals surface area contributed by atoms with Gasteiger partial charge in [0.05, 0.1) is 3.53 Å². The predicted octanol–water partition coefficient (Wildman–Crippen LogP) is 3.46. The van der Waals surface area contributed by atoms with E-state index in [0.29, 0.717) is 0 Å². The van der Waals surface area contributed by atoms with Crippen LogP contribution in [0.4, 0.5) is 0 Å². The molecule has 0 saturated heterocycles. The van der Waals surface area contributed by atoms with E-state index in [1.807, 2.05) is 12.5 Å². The number of thiol groups is 2. The SMILES string of the molecule is CS(C)=C(S)S.CSC(=S)SC. The molecule has 12 heavy (non-hydrogen) atoms. The molecule has 0 unspecified atom stereocenters. The van der Waals surface area contributed by atoms with Crippen LogP contribution >= 0.6 is 71.5 Å². The Morgan fingerprint density at radius 2 is 1.42 bits per heavy atom. The molecule has 0 aliphatic rings. The van der Waals surface area contributed by atoms with E-state index in [9.17, 15) is 0 Å². The Morgan fingerprint density at radius 3 is 1.42 bits per heavy atom. The van der Waals surface area contributed by atoms with Crippen LogP contribution in [0.5, 0.6) is 0 Å². The summed E-state index contributed by atoms with van der Waals surface area (Å²) in [5.74, 6) is 0. The molecule has 0 saturated carbocycles. The minimum atomic E-state index is 0.278. The lowest BCUT2D eigenvalue weighted by Crippen LogP contribution is -1.69. The van der Waals surface area contributed by atoms with E-state index in [4.69, 9.17) is 12.2 Å². The van der Waals surface area contributed by atoms with Crippen LogP contribution in [0.1, 0.15) is 0 Å². The molecule has 0 heterocycles. The van der Waals surface area contributed by atoms with Gasteiger partial charge in [-0.25, -0.2) is 0 Å². The first kappa shape index (κ1) is 16.2. The van der Waals surface area contributed by atoms with Gasteiger partial charge < -0.3 is 0 Å². The van der Waals surface area contributed by atoms with Crippen molar-refractivity contribution in [2.75, 3.05) is 25.0 Å². The standard InChI is InChI=1S/C3H8S3.C3H6S3/c1-6(2)3(4)5;1-5-3(4)6-2/h4-5H,1-2H3;1-2H3. The van der Waals surface area contributed by atoms with Gasteiger partial charge in [-0.3, -0.25) is 0 Å². The van der Waals surface area contributed by atoms with Gasteiger partial charge in [0.15, 0.2) is 0 Å². The minimum absolute atomic E-state index is 0.278. The van der Waals surface area contributed by atoms with Gasteiger partial charge >= 0.3 is 0 Å². The largest absolute Gasteiger partial charge is 0.173 e. The molecule has 74 valence electrons. The maximum absolute atomic E-state index is 4.78. The van der Waals surface area contributed by atoms with Gasteiger partial charge in [0.2, 0.25) is 0 Å². The summed E-state index contributed by atoms with van der Waals surface area (Å²) in [5.41, 5.74) is 0. The van der Waals surface area contributed by atoms with Crippen molar-refractivity contribution >= 4 is 78.5 Å². The van der Waals surface area contributed by atoms with Gasteiger partial charge in [0.25, 0.3) is 0 Å². The molecule has 6 heteroatoms. The van der Waals surface area contributed by atoms with Gasteiger partial charge in [-0.1, -0.05) is 12.2 Å². The molecule has 0 atom stereocenters. The van der Waals surface area contributed by atoms with Crippen molar-refractivity contribution in [2.45, 2.75) is 0 Å². The van der Waals surface area contributed by atoms with Crippen LogP contribution in [0.3, 0.4) is 0 Å². The van der Waals surface area contributed by atoms with Crippen LogP contribution < -0.4 is 0 Å². The summed E-state index contributed by atoms with van der Waals surface area (Å²) >= 11 is 16.0. The number of thiocarbonyl (C=S) groups is 1. The van der Waals surface area contributed by atoms with Gasteiger partial charge in [-0.15, -0.1) is 48.8 Å². The molecule has 0 aromatic heterocycles. The normalized spacial score (nSPS) is 8.92. The summed E-state index contributed by atoms with van der Waals surface area (Å²) in [5, 5.41) is 0. The predicted molar refractivity (Wildman–Crippen MR) is 82.0 cm³/mol. The van der Waals surface area contributed by atoms with Crippen molar-refractivity contribution in [2.24, 2.45) is 0 Å². The molecule has 0 amide bonds. The molecule has 0 aliphatic heterocycles. The fraction of sp³-hybridized carbons (Fsp3) is 0.667. The maximum atomic E-state index is 4.78. The van der Waals surface area contributed by atoms with E-state index in [1.165, 1.54) is 0 Å². The fourth-order valence-electron chi connectivity index (χ4n) is 0.0833. The second-order valence-electron chi connectivity index (χ2n) is 1.76. The third-order valence-corrected chi connectivity index (χ3v) is 6.29. The zero-order valence-electron chi connectivity index (χ0n) is 7.53. The van der Waals surface area contributed by atoms with E-state index in [-0.39, 0.29) is 10.5 Å². The average Bonchev–Trinajstić information content (AvgIpc) is 2.04. The Kier molecular flexibility index (Phi) is 14.5. The summed E-state index contributed by atoms with van der Waals surface area (Å²) in [7, 11) is 0.278. The monoisotopic (exact) mass is 278 g/mol. The van der Waals surface area contributed by atoms with E-state index in [2.05, 4.69) is 37.8 Å². The van der Waals surface area contributed by atoms with Crippen molar-refractivity contribution in [1.29, 1.82) is 0 Å². The van der Waals surface area contributed by atoms with Crippen LogP contribution in [-0.4, -0.2) is 32.1 Å². The molecule has 0 radical (unpaired) electrons. The molecular formula is C6H14S6. The third-order valence-electron chi connectivity index (χ3n) is 0.698. The molecule has 0 N–H and O–H groups in total. The Labute approximate surface area is 103 Å². The van der Waals surface area contributed by atoms with Crippen LogP contribution in [0.2, 0.25) is 0 Å². The Bertz CT molecular complexity index is 137. The Morgan fingerprint density at radius 1 is 1.17 bits per heavy atom. The summed E-state index contributed by atoms with van der Waals surface area (Å²) < 4.78 is 1.94. The van der Waals surface area contributed by atoms with Gasteiger partial charge in [-0.05, 0) is 25.0 Å². The lowest BCUT2D eigenvalue weighted by Gasteiger charge is -1.88. The zero-order valence-corrected chi connectivity index (χ0v) is 12.6. The van der Waals surface area contributed by atoms with Crippen molar-refractivity contribution in [3.63, 3.8) is 0 Å². The molecule has 0 fully saturated rings. The first-order valence-electron chi connectivity index (χ1n) is 2.90. The quantitative estimate of drug-likeness (QED) is 0.515. The Hall–Kier alpha value is 1.71. The second-order valence-corrected chi connectivity index (χ2v) is 8.47. The molecule has 0 bridgehead atoms. The maximum Gasteiger partial charge on any atom is 0.103 e. The molecule has 0 aromatic rings. The van der Waals surface area contributed by atoms with Crippen molar-refractivity contribution in [3.05, 3.63) is 0 Å². The highest BCUT2D eigenvalue weighted by Gasteiger charge is 1.82. The first-order chi connectivity index (χ1) is 5.45. The zero-order chi connectivity index (χ0) is 10.1. The van der Waals surface area contributed by atoms with E-state index in [0.717, 1.165) is 7.06 Å². The first-order valence-corrected chi connectivity index (χ1v) is 8.69. The van der Waals surface area contributed by atoms with Crippen LogP contribution in [0.15, 0.2) is 0 Å². The summed E-state index contributed by atoms with van der Waals surface area (Å²) in [4.78, 5) is 0. The lowest BCUT2D eigenvalue weighted by atomic mass is 11.8. The van der Waals surface area contributed by atoms with Crippen molar-refractivity contribution < 1.29 is 0 Å². The molecule has 0 nitrogen and oxygen atoms in total. The lowest BCUT2D eigenvalue weighted by molar-refractivity contribution is 2.36. The number of thioether (sulfide) groups is 2. The van der Waals surface area contributed by atoms with E-state index >= 15 is 0 Å². The third kappa shape index (κ3) is 14.2. The Balaban J connectivity index is 0. The van der Waals surface area contributed by atoms with Gasteiger partial charge in [0, 0.05) is 0 Å². The highest BCUT2D eigenvalue weighted by Crippen LogP contribution is 2.08. The average molecular weight is 279 g/mol. The minimum Gasteiger partial charge on any atom is -0.173 e. The molecule has 0 rings (SSSR count). The molecular weight excluding hydrogens is 264 g/mol. The fourth-order valence-corrected chi connectivity index (χ4v) is 0.750. The van der Waals surface area contributed by atoms with Crippen LogP contribution in [0, 0.1) is 0 Å². The topological polar surface area (TPSA) is 0 Å². The summed E-state index contributed by atoms with van der Waals surface area (Å²) in [6.45, 7) is 0. The summed E-state index contributed by atoms with van der Waals surface area (Å²) in [6.07, 6.45) is 8.13. The number of hydrogen-bond donors (Lipinski definition) is 2. The molecule has 0 aromatic carbocycles. The summed E-state index contributed by atoms with van der Waals surface area (Å²) in [6, 6.07) is 0. The van der Waals surface area contributed by atoms with Gasteiger partial charge in [-0.2, -0.15) is 10.5 Å². The van der Waals surface area contributed by atoms with E-state index < -0.39 is 0 Å². The highest BCUT2D eigenvalue weighted by molar-refractivity contribution is 8.46. The van der Waals surface area contributed by atoms with Crippen molar-refractivity contribution in [1.82, 2.24) is 0 Å². The van der Waals surface area contributed by atoms with Crippen molar-refractivity contribution in [3.8, 4) is 0 Å². The van der Waals surface area contributed by atoms with Gasteiger partial charge in [0.1, 0.15) is 3.53 Å².